The molecule has 28 heavy (non-hydrogen) atoms. The molecule has 0 N–H and O–H groups in total. The van der Waals surface area contributed by atoms with Gasteiger partial charge in [-0.15, -0.1) is 0 Å². The summed E-state index contributed by atoms with van der Waals surface area (Å²) >= 11 is 0. The van der Waals surface area contributed by atoms with Gasteiger partial charge in [0.1, 0.15) is 0 Å². The van der Waals surface area contributed by atoms with Gasteiger partial charge in [-0.3, -0.25) is 0 Å². The van der Waals surface area contributed by atoms with Crippen LogP contribution >= 0.6 is 0 Å². The summed E-state index contributed by atoms with van der Waals surface area (Å²) in [6.45, 7) is 9.85. The van der Waals surface area contributed by atoms with Crippen LogP contribution in [0.5, 0.6) is 0 Å². The van der Waals surface area contributed by atoms with Crippen molar-refractivity contribution >= 4 is 35.9 Å². The molecule has 3 nitrogen and oxygen atoms in total. The summed E-state index contributed by atoms with van der Waals surface area (Å²) in [6, 6.07) is -0.981. The molecule has 0 aliphatic rings. The van der Waals surface area contributed by atoms with Crippen molar-refractivity contribution in [2.75, 3.05) is 0 Å². The zero-order valence-electron chi connectivity index (χ0n) is 16.3. The number of hydrogen-bond acceptors (Lipinski definition) is 3. The van der Waals surface area contributed by atoms with E-state index >= 15 is 0 Å². The summed E-state index contributed by atoms with van der Waals surface area (Å²) < 4.78 is 135. The molecule has 0 atom stereocenters. The van der Waals surface area contributed by atoms with Crippen molar-refractivity contribution in [2.45, 2.75) is 75.7 Å². The van der Waals surface area contributed by atoms with Gasteiger partial charge in [-0.05, 0) is 39.3 Å². The monoisotopic (exact) mass is 500 g/mol. The molecule has 0 unspecified atom stereocenters. The highest BCUT2D eigenvalue weighted by Gasteiger charge is 2.81. The Morgan fingerprint density at radius 3 is 1.18 bits per heavy atom. The Hall–Kier alpha value is 0.118. The fourth-order valence-corrected chi connectivity index (χ4v) is 15.0. The minimum absolute atomic E-state index is 0.981. The first kappa shape index (κ1) is 28.1. The molecule has 0 aromatic heterocycles. The van der Waals surface area contributed by atoms with Gasteiger partial charge in [0.25, 0.3) is 0 Å². The number of rotatable bonds is 11. The van der Waals surface area contributed by atoms with Crippen LogP contribution in [0.15, 0.2) is 0 Å². The molecular weight excluding hydrogens is 475 g/mol. The highest BCUT2D eigenvalue weighted by Crippen LogP contribution is 2.54. The smallest absolute Gasteiger partial charge is 0.420 e. The third-order valence-electron chi connectivity index (χ3n) is 3.20. The second-order valence-corrected chi connectivity index (χ2v) is 18.0. The first-order valence-electron chi connectivity index (χ1n) is 8.44. The first-order chi connectivity index (χ1) is 12.2. The third-order valence-corrected chi connectivity index (χ3v) is 14.0. The molecule has 0 fully saturated rings. The van der Waals surface area contributed by atoms with Crippen molar-refractivity contribution in [2.24, 2.45) is 0 Å². The Bertz CT molecular complexity index is 475. The first-order valence-corrected chi connectivity index (χ1v) is 18.7. The van der Waals surface area contributed by atoms with Crippen molar-refractivity contribution in [3.05, 3.63) is 0 Å². The minimum atomic E-state index is -6.90. The third kappa shape index (κ3) is 6.83. The fraction of sp³-hybridized carbons (Fsp3) is 1.00. The van der Waals surface area contributed by atoms with E-state index in [1.807, 2.05) is 0 Å². The molecule has 0 saturated carbocycles. The summed E-state index contributed by atoms with van der Waals surface area (Å²) in [5.41, 5.74) is 0. The van der Waals surface area contributed by atoms with E-state index in [9.17, 15) is 39.5 Å². The van der Waals surface area contributed by atoms with E-state index in [0.29, 0.717) is 0 Å². The van der Waals surface area contributed by atoms with Gasteiger partial charge in [0, 0.05) is 12.5 Å². The highest BCUT2D eigenvalue weighted by molar-refractivity contribution is 6.79. The van der Waals surface area contributed by atoms with Crippen LogP contribution in [0.4, 0.5) is 39.5 Å². The van der Waals surface area contributed by atoms with E-state index in [1.54, 1.807) is 39.3 Å². The molecule has 0 spiro atoms. The maximum absolute atomic E-state index is 13.9. The SMILES string of the molecule is C[SiH](C)O[Si](CCC(F)(F)C(F)(F)C(F)(F)C(F)(F)F)(O[SiH](C)C)O[SiH](C)C. The zero-order valence-corrected chi connectivity index (χ0v) is 20.7. The number of halogens is 9. The second-order valence-electron chi connectivity index (χ2n) is 7.03. The van der Waals surface area contributed by atoms with Gasteiger partial charge in [-0.1, -0.05) is 0 Å². The van der Waals surface area contributed by atoms with Crippen LogP contribution in [-0.4, -0.2) is 59.9 Å². The molecule has 0 radical (unpaired) electrons. The van der Waals surface area contributed by atoms with Crippen molar-refractivity contribution in [3.8, 4) is 0 Å². The standard InChI is InChI=1S/C12H25F9O3Si4/c1-25(2)22-28(23-26(3)4,24-27(5)6)8-7-9(13,14)10(15,16)11(17,18)12(19,20)21/h25-27H,7-8H2,1-6H3. The molecule has 0 amide bonds. The van der Waals surface area contributed by atoms with E-state index in [4.69, 9.17) is 12.3 Å². The summed E-state index contributed by atoms with van der Waals surface area (Å²) in [7, 11) is -9.95. The molecule has 0 aliphatic carbocycles. The maximum Gasteiger partial charge on any atom is 0.469 e. The average molecular weight is 501 g/mol. The largest absolute Gasteiger partial charge is 0.469 e. The summed E-state index contributed by atoms with van der Waals surface area (Å²) in [5.74, 6) is -19.2. The summed E-state index contributed by atoms with van der Waals surface area (Å²) in [4.78, 5) is 0. The topological polar surface area (TPSA) is 27.7 Å². The molecule has 0 rings (SSSR count). The van der Waals surface area contributed by atoms with Gasteiger partial charge < -0.3 is 12.3 Å². The lowest BCUT2D eigenvalue weighted by Gasteiger charge is -2.38. The van der Waals surface area contributed by atoms with Gasteiger partial charge in [-0.25, -0.2) is 0 Å². The van der Waals surface area contributed by atoms with E-state index < -0.39 is 72.3 Å². The normalized spacial score (nSPS) is 15.2. The Balaban J connectivity index is 5.83. The zero-order chi connectivity index (χ0) is 22.8. The molecule has 16 heteroatoms. The number of alkyl halides is 9. The molecular formula is C12H25F9O3Si4. The van der Waals surface area contributed by atoms with Crippen molar-refractivity contribution in [1.29, 1.82) is 0 Å². The predicted octanol–water partition coefficient (Wildman–Crippen LogP) is 4.78. The van der Waals surface area contributed by atoms with Gasteiger partial charge in [0.15, 0.2) is 27.1 Å². The molecule has 0 bridgehead atoms. The summed E-state index contributed by atoms with van der Waals surface area (Å²) in [6.07, 6.45) is -8.82. The Labute approximate surface area is 164 Å². The second kappa shape index (κ2) is 9.50. The number of hydrogen-bond donors (Lipinski definition) is 0. The lowest BCUT2D eigenvalue weighted by Crippen LogP contribution is -2.61. The van der Waals surface area contributed by atoms with Gasteiger partial charge >= 0.3 is 32.7 Å². The van der Waals surface area contributed by atoms with E-state index in [-0.39, 0.29) is 0 Å². The van der Waals surface area contributed by atoms with E-state index in [0.717, 1.165) is 0 Å². The molecule has 0 aliphatic heterocycles. The van der Waals surface area contributed by atoms with Crippen molar-refractivity contribution in [3.63, 3.8) is 0 Å². The van der Waals surface area contributed by atoms with E-state index in [1.165, 1.54) is 0 Å². The van der Waals surface area contributed by atoms with Crippen LogP contribution in [0, 0.1) is 0 Å². The van der Waals surface area contributed by atoms with Crippen molar-refractivity contribution < 1.29 is 51.9 Å². The molecule has 0 aromatic carbocycles. The van der Waals surface area contributed by atoms with Crippen LogP contribution in [0.25, 0.3) is 0 Å². The van der Waals surface area contributed by atoms with Crippen LogP contribution < -0.4 is 0 Å². The summed E-state index contributed by atoms with van der Waals surface area (Å²) in [5, 5.41) is 0. The maximum atomic E-state index is 13.9. The van der Waals surface area contributed by atoms with Crippen LogP contribution in [0.2, 0.25) is 45.3 Å². The molecule has 0 aromatic rings. The van der Waals surface area contributed by atoms with Gasteiger partial charge in [0.05, 0.1) is 0 Å². The Morgan fingerprint density at radius 2 is 0.929 bits per heavy atom. The Kier molecular flexibility index (Phi) is 9.54. The predicted molar refractivity (Wildman–Crippen MR) is 96.0 cm³/mol. The van der Waals surface area contributed by atoms with E-state index in [2.05, 4.69) is 0 Å². The quantitative estimate of drug-likeness (QED) is 0.302. The van der Waals surface area contributed by atoms with Crippen LogP contribution in [0.1, 0.15) is 6.42 Å². The average Bonchev–Trinajstić information content (AvgIpc) is 2.41. The van der Waals surface area contributed by atoms with Crippen LogP contribution in [0.3, 0.4) is 0 Å². The minimum Gasteiger partial charge on any atom is -0.420 e. The van der Waals surface area contributed by atoms with Gasteiger partial charge in [0.2, 0.25) is 0 Å². The fourth-order valence-electron chi connectivity index (χ4n) is 2.21. The van der Waals surface area contributed by atoms with Crippen molar-refractivity contribution in [1.82, 2.24) is 0 Å². The molecule has 0 saturated heterocycles. The molecule has 0 heterocycles. The highest BCUT2D eigenvalue weighted by atomic mass is 28.5. The van der Waals surface area contributed by atoms with Crippen LogP contribution in [-0.2, 0) is 12.3 Å². The lowest BCUT2D eigenvalue weighted by atomic mass is 10.0. The lowest BCUT2D eigenvalue weighted by molar-refractivity contribution is -0.396. The van der Waals surface area contributed by atoms with Gasteiger partial charge in [-0.2, -0.15) is 39.5 Å². The molecule has 170 valence electrons. The Morgan fingerprint density at radius 1 is 0.607 bits per heavy atom.